The van der Waals surface area contributed by atoms with Crippen LogP contribution in [0.5, 0.6) is 0 Å². The highest BCUT2D eigenvalue weighted by molar-refractivity contribution is 6.34. The lowest BCUT2D eigenvalue weighted by molar-refractivity contribution is -0.161. The van der Waals surface area contributed by atoms with Gasteiger partial charge in [-0.05, 0) is 69.9 Å². The summed E-state index contributed by atoms with van der Waals surface area (Å²) in [6.45, 7) is 14.0. The molecular weight excluding hydrogens is 544 g/mol. The van der Waals surface area contributed by atoms with Crippen molar-refractivity contribution in [3.63, 3.8) is 0 Å². The highest BCUT2D eigenvalue weighted by Crippen LogP contribution is 2.65. The molecule has 1 spiro atoms. The van der Waals surface area contributed by atoms with Crippen molar-refractivity contribution in [3.8, 4) is 0 Å². The number of unbranched alkanes of at least 4 members (excludes halogenated alkanes) is 3. The van der Waals surface area contributed by atoms with Crippen LogP contribution in [0.2, 0.25) is 5.02 Å². The van der Waals surface area contributed by atoms with Crippen LogP contribution in [-0.4, -0.2) is 71.3 Å². The normalized spacial score (nSPS) is 29.9. The van der Waals surface area contributed by atoms with Gasteiger partial charge in [-0.1, -0.05) is 42.8 Å². The predicted octanol–water partition coefficient (Wildman–Crippen LogP) is 4.85. The van der Waals surface area contributed by atoms with E-state index in [0.717, 1.165) is 18.4 Å². The van der Waals surface area contributed by atoms with E-state index in [0.29, 0.717) is 36.4 Å². The lowest BCUT2D eigenvalue weighted by atomic mass is 9.62. The predicted molar refractivity (Wildman–Crippen MR) is 159 cm³/mol. The Morgan fingerprint density at radius 1 is 1.24 bits per heavy atom. The van der Waals surface area contributed by atoms with Crippen molar-refractivity contribution < 1.29 is 29.0 Å². The Labute approximate surface area is 248 Å². The van der Waals surface area contributed by atoms with E-state index in [1.165, 1.54) is 0 Å². The van der Waals surface area contributed by atoms with Gasteiger partial charge in [0, 0.05) is 19.7 Å². The molecule has 0 saturated carbocycles. The van der Waals surface area contributed by atoms with Crippen molar-refractivity contribution in [3.05, 3.63) is 54.1 Å². The number of para-hydroxylation sites is 1. The molecule has 3 fully saturated rings. The Morgan fingerprint density at radius 3 is 2.66 bits per heavy atom. The smallest absolute Gasteiger partial charge is 0.312 e. The van der Waals surface area contributed by atoms with E-state index in [2.05, 4.69) is 13.2 Å². The first-order valence-corrected chi connectivity index (χ1v) is 15.0. The second-order valence-electron chi connectivity index (χ2n) is 11.8. The standard InChI is InChI=1S/C32H43ClN2O6/c1-6-8-9-12-19-40-30(39)25-24-28(37)35(17-10-11-18-36)27(32(24)20-22(4)31(25,5)41-32)29(38)34(16-7-2)26-21(3)14-13-15-23(26)33/h6-7,13-15,22,24-25,27,36H,1-2,8-12,16-20H2,3-5H3/t22?,24-,25-,27?,31+,32?/m0/s1. The number of nitrogens with zero attached hydrogens (tertiary/aromatic N) is 2. The maximum Gasteiger partial charge on any atom is 0.312 e. The Kier molecular flexibility index (Phi) is 9.66. The molecule has 3 aliphatic rings. The van der Waals surface area contributed by atoms with Gasteiger partial charge in [-0.25, -0.2) is 0 Å². The number of fused-ring (bicyclic) bond motifs is 1. The van der Waals surface area contributed by atoms with Crippen LogP contribution in [-0.2, 0) is 23.9 Å². The number of amides is 2. The molecule has 0 aliphatic carbocycles. The van der Waals surface area contributed by atoms with Crippen LogP contribution in [0.25, 0.3) is 0 Å². The number of rotatable bonds is 14. The molecule has 2 bridgehead atoms. The highest BCUT2D eigenvalue weighted by atomic mass is 35.5. The van der Waals surface area contributed by atoms with Gasteiger partial charge in [-0.2, -0.15) is 0 Å². The monoisotopic (exact) mass is 586 g/mol. The molecule has 41 heavy (non-hydrogen) atoms. The third-order valence-electron chi connectivity index (χ3n) is 9.19. The number of aliphatic hydroxyl groups excluding tert-OH is 1. The molecule has 3 saturated heterocycles. The van der Waals surface area contributed by atoms with E-state index in [-0.39, 0.29) is 44.0 Å². The zero-order chi connectivity index (χ0) is 29.9. The summed E-state index contributed by atoms with van der Waals surface area (Å²) < 4.78 is 12.5. The fourth-order valence-electron chi connectivity index (χ4n) is 7.20. The number of aryl methyl sites for hydroxylation is 1. The van der Waals surface area contributed by atoms with Crippen LogP contribution >= 0.6 is 11.6 Å². The van der Waals surface area contributed by atoms with Crippen molar-refractivity contribution in [2.24, 2.45) is 17.8 Å². The number of halogens is 1. The van der Waals surface area contributed by atoms with E-state index in [1.54, 1.807) is 21.9 Å². The number of benzene rings is 1. The molecule has 3 heterocycles. The van der Waals surface area contributed by atoms with E-state index < -0.39 is 35.0 Å². The molecule has 3 aliphatic heterocycles. The SMILES string of the molecule is C=CCCCCOC(=O)[C@@H]1[C@H]2C(=O)N(CCCCO)C(C(=O)N(CC=C)c3c(C)cccc3Cl)C23CC(C)[C@@]1(C)O3. The number of esters is 1. The molecule has 224 valence electrons. The summed E-state index contributed by atoms with van der Waals surface area (Å²) in [6.07, 6.45) is 7.29. The van der Waals surface area contributed by atoms with Crippen molar-refractivity contribution in [1.82, 2.24) is 4.90 Å². The van der Waals surface area contributed by atoms with Crippen LogP contribution < -0.4 is 4.90 Å². The summed E-state index contributed by atoms with van der Waals surface area (Å²) in [4.78, 5) is 45.7. The zero-order valence-corrected chi connectivity index (χ0v) is 25.2. The Balaban J connectivity index is 1.75. The highest BCUT2D eigenvalue weighted by Gasteiger charge is 2.80. The number of carbonyl (C=O) groups excluding carboxylic acids is 3. The summed E-state index contributed by atoms with van der Waals surface area (Å²) in [6, 6.07) is 4.47. The first-order valence-electron chi connectivity index (χ1n) is 14.7. The molecule has 1 aromatic carbocycles. The number of allylic oxidation sites excluding steroid dienone is 1. The molecule has 8 nitrogen and oxygen atoms in total. The second kappa shape index (κ2) is 12.7. The van der Waals surface area contributed by atoms with Crippen molar-refractivity contribution in [1.29, 1.82) is 0 Å². The van der Waals surface area contributed by atoms with Gasteiger partial charge in [-0.3, -0.25) is 14.4 Å². The average molecular weight is 587 g/mol. The molecular formula is C32H43ClN2O6. The maximum atomic E-state index is 14.7. The Hall–Kier alpha value is -2.68. The molecule has 6 atom stereocenters. The number of aliphatic hydroxyl groups is 1. The van der Waals surface area contributed by atoms with E-state index in [4.69, 9.17) is 21.1 Å². The lowest BCUT2D eigenvalue weighted by Gasteiger charge is -2.37. The van der Waals surface area contributed by atoms with Gasteiger partial charge in [0.05, 0.1) is 28.8 Å². The van der Waals surface area contributed by atoms with Gasteiger partial charge in [0.1, 0.15) is 17.6 Å². The summed E-state index contributed by atoms with van der Waals surface area (Å²) in [5, 5.41) is 9.86. The fourth-order valence-corrected chi connectivity index (χ4v) is 7.52. The molecule has 2 amide bonds. The largest absolute Gasteiger partial charge is 0.465 e. The summed E-state index contributed by atoms with van der Waals surface area (Å²) in [5.41, 5.74) is -0.766. The molecule has 0 radical (unpaired) electrons. The van der Waals surface area contributed by atoms with E-state index >= 15 is 0 Å². The number of hydrogen-bond acceptors (Lipinski definition) is 6. The quantitative estimate of drug-likeness (QED) is 0.190. The van der Waals surface area contributed by atoms with E-state index in [9.17, 15) is 19.5 Å². The first kappa shape index (κ1) is 31.3. The second-order valence-corrected chi connectivity index (χ2v) is 12.2. The molecule has 3 unspecified atom stereocenters. The van der Waals surface area contributed by atoms with Gasteiger partial charge in [0.25, 0.3) is 5.91 Å². The minimum Gasteiger partial charge on any atom is -0.465 e. The molecule has 1 N–H and O–H groups in total. The summed E-state index contributed by atoms with van der Waals surface area (Å²) in [7, 11) is 0. The average Bonchev–Trinajstić information content (AvgIpc) is 3.44. The summed E-state index contributed by atoms with van der Waals surface area (Å²) >= 11 is 6.62. The molecule has 4 rings (SSSR count). The van der Waals surface area contributed by atoms with Crippen LogP contribution in [0.4, 0.5) is 5.69 Å². The minimum atomic E-state index is -1.19. The number of carbonyl (C=O) groups is 3. The topological polar surface area (TPSA) is 96.4 Å². The maximum absolute atomic E-state index is 14.7. The molecule has 1 aromatic rings. The number of ether oxygens (including phenoxy) is 2. The van der Waals surface area contributed by atoms with Gasteiger partial charge in [-0.15, -0.1) is 13.2 Å². The van der Waals surface area contributed by atoms with Crippen LogP contribution in [0.15, 0.2) is 43.5 Å². The van der Waals surface area contributed by atoms with Gasteiger partial charge < -0.3 is 24.4 Å². The fraction of sp³-hybridized carbons (Fsp3) is 0.594. The Morgan fingerprint density at radius 2 is 2.00 bits per heavy atom. The van der Waals surface area contributed by atoms with Crippen molar-refractivity contribution in [2.75, 3.05) is 31.2 Å². The van der Waals surface area contributed by atoms with Crippen LogP contribution in [0.1, 0.15) is 57.9 Å². The third-order valence-corrected chi connectivity index (χ3v) is 9.50. The molecule has 9 heteroatoms. The van der Waals surface area contributed by atoms with Crippen molar-refractivity contribution in [2.45, 2.75) is 76.5 Å². The number of anilines is 1. The lowest BCUT2D eigenvalue weighted by Crippen LogP contribution is -2.57. The zero-order valence-electron chi connectivity index (χ0n) is 24.4. The summed E-state index contributed by atoms with van der Waals surface area (Å²) in [5.74, 6) is -2.81. The third kappa shape index (κ3) is 5.35. The van der Waals surface area contributed by atoms with Crippen LogP contribution in [0.3, 0.4) is 0 Å². The first-order chi connectivity index (χ1) is 19.6. The number of hydrogen-bond donors (Lipinski definition) is 1. The minimum absolute atomic E-state index is 0.0248. The number of likely N-dealkylation sites (tertiary alicyclic amines) is 1. The van der Waals surface area contributed by atoms with Gasteiger partial charge >= 0.3 is 5.97 Å². The molecule has 0 aromatic heterocycles. The Bertz CT molecular complexity index is 1170. The van der Waals surface area contributed by atoms with Gasteiger partial charge in [0.15, 0.2) is 0 Å². The van der Waals surface area contributed by atoms with E-state index in [1.807, 2.05) is 39.0 Å². The van der Waals surface area contributed by atoms with Crippen molar-refractivity contribution >= 4 is 35.1 Å². The van der Waals surface area contributed by atoms with Gasteiger partial charge in [0.2, 0.25) is 5.91 Å². The van der Waals surface area contributed by atoms with Crippen LogP contribution in [0, 0.1) is 24.7 Å².